The summed E-state index contributed by atoms with van der Waals surface area (Å²) in [5, 5.41) is 3.97. The lowest BCUT2D eigenvalue weighted by Gasteiger charge is -2.04. The fourth-order valence-corrected chi connectivity index (χ4v) is 1.90. The monoisotopic (exact) mass is 314 g/mol. The maximum Gasteiger partial charge on any atom is 0.208 e. The molecule has 0 aliphatic heterocycles. The molecule has 5 heteroatoms. The van der Waals surface area contributed by atoms with Gasteiger partial charge in [-0.25, -0.2) is 4.98 Å². The van der Waals surface area contributed by atoms with Gasteiger partial charge in [0.2, 0.25) is 5.89 Å². The molecule has 0 aliphatic rings. The van der Waals surface area contributed by atoms with E-state index in [0.717, 1.165) is 27.4 Å². The summed E-state index contributed by atoms with van der Waals surface area (Å²) in [6.07, 6.45) is 1.72. The number of aryl methyl sites for hydroxylation is 1. The van der Waals surface area contributed by atoms with Crippen molar-refractivity contribution in [3.63, 3.8) is 0 Å². The Morgan fingerprint density at radius 2 is 2.24 bits per heavy atom. The normalized spacial score (nSPS) is 10.8. The zero-order valence-corrected chi connectivity index (χ0v) is 11.7. The van der Waals surface area contributed by atoms with E-state index in [1.54, 1.807) is 6.20 Å². The number of aromatic nitrogens is 1. The van der Waals surface area contributed by atoms with E-state index in [2.05, 4.69) is 26.2 Å². The van der Waals surface area contributed by atoms with Crippen LogP contribution < -0.4 is 5.32 Å². The molecule has 0 fully saturated rings. The van der Waals surface area contributed by atoms with Crippen molar-refractivity contribution in [1.29, 1.82) is 0 Å². The van der Waals surface area contributed by atoms with Gasteiger partial charge in [-0.05, 0) is 40.5 Å². The number of nitrogens with zero attached hydrogens (tertiary/aromatic N) is 1. The third kappa shape index (κ3) is 3.56. The molecule has 0 saturated carbocycles. The molecule has 0 aliphatic carbocycles. The summed E-state index contributed by atoms with van der Waals surface area (Å²) in [6, 6.07) is 5.89. The second-order valence-electron chi connectivity index (χ2n) is 3.72. The molecule has 0 spiro atoms. The third-order valence-corrected chi connectivity index (χ3v) is 3.49. The van der Waals surface area contributed by atoms with Crippen molar-refractivity contribution >= 4 is 27.5 Å². The van der Waals surface area contributed by atoms with Crippen LogP contribution in [0.2, 0.25) is 5.02 Å². The number of hydrogen-bond donors (Lipinski definition) is 1. The fourth-order valence-electron chi connectivity index (χ4n) is 1.45. The van der Waals surface area contributed by atoms with Crippen molar-refractivity contribution in [2.75, 3.05) is 0 Å². The molecule has 0 bridgehead atoms. The number of oxazole rings is 1. The molecule has 3 nitrogen and oxygen atoms in total. The van der Waals surface area contributed by atoms with Crippen LogP contribution in [0.15, 0.2) is 33.3 Å². The largest absolute Gasteiger partial charge is 0.445 e. The van der Waals surface area contributed by atoms with Crippen molar-refractivity contribution in [1.82, 2.24) is 10.3 Å². The molecular formula is C12H12BrClN2O. The van der Waals surface area contributed by atoms with Gasteiger partial charge >= 0.3 is 0 Å². The highest BCUT2D eigenvalue weighted by Gasteiger charge is 2.01. The average Bonchev–Trinajstić information content (AvgIpc) is 2.70. The van der Waals surface area contributed by atoms with Crippen LogP contribution in [0.25, 0.3) is 0 Å². The van der Waals surface area contributed by atoms with Crippen molar-refractivity contribution in [3.05, 3.63) is 51.1 Å². The van der Waals surface area contributed by atoms with Crippen molar-refractivity contribution in [2.45, 2.75) is 20.0 Å². The van der Waals surface area contributed by atoms with E-state index in [4.69, 9.17) is 16.0 Å². The molecule has 1 aromatic carbocycles. The highest BCUT2D eigenvalue weighted by Crippen LogP contribution is 2.23. The minimum absolute atomic E-state index is 0.613. The highest BCUT2D eigenvalue weighted by molar-refractivity contribution is 9.10. The Balaban J connectivity index is 1.87. The molecule has 1 N–H and O–H groups in total. The molecule has 2 rings (SSSR count). The smallest absolute Gasteiger partial charge is 0.208 e. The Morgan fingerprint density at radius 3 is 2.88 bits per heavy atom. The molecule has 1 aromatic heterocycles. The topological polar surface area (TPSA) is 38.1 Å². The first kappa shape index (κ1) is 12.6. The first-order valence-electron chi connectivity index (χ1n) is 5.21. The van der Waals surface area contributed by atoms with Gasteiger partial charge in [-0.1, -0.05) is 17.7 Å². The van der Waals surface area contributed by atoms with Gasteiger partial charge in [-0.15, -0.1) is 0 Å². The van der Waals surface area contributed by atoms with Gasteiger partial charge in [0.05, 0.1) is 17.8 Å². The molecule has 90 valence electrons. The summed E-state index contributed by atoms with van der Waals surface area (Å²) in [4.78, 5) is 4.12. The molecule has 0 amide bonds. The Hall–Kier alpha value is -0.840. The Labute approximate surface area is 113 Å². The van der Waals surface area contributed by atoms with Gasteiger partial charge in [0.15, 0.2) is 0 Å². The van der Waals surface area contributed by atoms with Crippen LogP contribution in [0.4, 0.5) is 0 Å². The van der Waals surface area contributed by atoms with Gasteiger partial charge in [0.1, 0.15) is 5.76 Å². The SMILES string of the molecule is Cc1cnc(CNCc2ccc(Br)c(Cl)c2)o1. The molecule has 17 heavy (non-hydrogen) atoms. The average molecular weight is 316 g/mol. The summed E-state index contributed by atoms with van der Waals surface area (Å²) >= 11 is 9.37. The predicted molar refractivity (Wildman–Crippen MR) is 70.9 cm³/mol. The van der Waals surface area contributed by atoms with Gasteiger partial charge in [0, 0.05) is 11.0 Å². The van der Waals surface area contributed by atoms with E-state index in [-0.39, 0.29) is 0 Å². The summed E-state index contributed by atoms with van der Waals surface area (Å²) in [5.74, 6) is 1.53. The lowest BCUT2D eigenvalue weighted by molar-refractivity contribution is 0.449. The van der Waals surface area contributed by atoms with Crippen LogP contribution in [0.1, 0.15) is 17.2 Å². The summed E-state index contributed by atoms with van der Waals surface area (Å²) in [7, 11) is 0. The third-order valence-electron chi connectivity index (χ3n) is 2.26. The van der Waals surface area contributed by atoms with E-state index < -0.39 is 0 Å². The number of halogens is 2. The van der Waals surface area contributed by atoms with Gasteiger partial charge in [-0.3, -0.25) is 0 Å². The number of rotatable bonds is 4. The molecular weight excluding hydrogens is 304 g/mol. The lowest BCUT2D eigenvalue weighted by Crippen LogP contribution is -2.12. The maximum atomic E-state index is 6.01. The van der Waals surface area contributed by atoms with Crippen LogP contribution >= 0.6 is 27.5 Å². The van der Waals surface area contributed by atoms with Crippen LogP contribution in [0.3, 0.4) is 0 Å². The zero-order valence-electron chi connectivity index (χ0n) is 9.34. The summed E-state index contributed by atoms with van der Waals surface area (Å²) in [6.45, 7) is 3.22. The minimum Gasteiger partial charge on any atom is -0.445 e. The number of nitrogens with one attached hydrogen (secondary N) is 1. The number of benzene rings is 1. The van der Waals surface area contributed by atoms with Crippen LogP contribution in [-0.2, 0) is 13.1 Å². The predicted octanol–water partition coefficient (Wildman–Crippen LogP) is 3.69. The lowest BCUT2D eigenvalue weighted by atomic mass is 10.2. The molecule has 0 radical (unpaired) electrons. The molecule has 0 unspecified atom stereocenters. The molecule has 0 atom stereocenters. The first-order chi connectivity index (χ1) is 8.15. The molecule has 1 heterocycles. The van der Waals surface area contributed by atoms with Crippen molar-refractivity contribution in [2.24, 2.45) is 0 Å². The van der Waals surface area contributed by atoms with E-state index in [0.29, 0.717) is 12.4 Å². The Morgan fingerprint density at radius 1 is 1.41 bits per heavy atom. The summed E-state index contributed by atoms with van der Waals surface area (Å²) in [5.41, 5.74) is 1.13. The van der Waals surface area contributed by atoms with E-state index in [1.165, 1.54) is 0 Å². The zero-order chi connectivity index (χ0) is 12.3. The number of hydrogen-bond acceptors (Lipinski definition) is 3. The van der Waals surface area contributed by atoms with Gasteiger partial charge < -0.3 is 9.73 Å². The van der Waals surface area contributed by atoms with Crippen LogP contribution in [0, 0.1) is 6.92 Å². The standard InChI is InChI=1S/C12H12BrClN2O/c1-8-5-16-12(17-8)7-15-6-9-2-3-10(13)11(14)4-9/h2-5,15H,6-7H2,1H3. The summed E-state index contributed by atoms with van der Waals surface area (Å²) < 4.78 is 6.27. The van der Waals surface area contributed by atoms with Gasteiger partial charge in [-0.2, -0.15) is 0 Å². The van der Waals surface area contributed by atoms with Crippen LogP contribution in [0.5, 0.6) is 0 Å². The van der Waals surface area contributed by atoms with E-state index in [1.807, 2.05) is 25.1 Å². The Bertz CT molecular complexity index is 513. The quantitative estimate of drug-likeness (QED) is 0.935. The fraction of sp³-hybridized carbons (Fsp3) is 0.250. The van der Waals surface area contributed by atoms with Crippen molar-refractivity contribution < 1.29 is 4.42 Å². The maximum absolute atomic E-state index is 6.01. The van der Waals surface area contributed by atoms with E-state index >= 15 is 0 Å². The molecule has 2 aromatic rings. The van der Waals surface area contributed by atoms with Crippen molar-refractivity contribution in [3.8, 4) is 0 Å². The highest BCUT2D eigenvalue weighted by atomic mass is 79.9. The Kier molecular flexibility index (Phi) is 4.20. The molecule has 0 saturated heterocycles. The first-order valence-corrected chi connectivity index (χ1v) is 6.38. The second-order valence-corrected chi connectivity index (χ2v) is 4.98. The second kappa shape index (κ2) is 5.67. The minimum atomic E-state index is 0.613. The van der Waals surface area contributed by atoms with Gasteiger partial charge in [0.25, 0.3) is 0 Å². The van der Waals surface area contributed by atoms with E-state index in [9.17, 15) is 0 Å². The van der Waals surface area contributed by atoms with Crippen LogP contribution in [-0.4, -0.2) is 4.98 Å².